The van der Waals surface area contributed by atoms with Gasteiger partial charge < -0.3 is 10.2 Å². The van der Waals surface area contributed by atoms with Crippen molar-refractivity contribution in [3.05, 3.63) is 18.0 Å². The van der Waals surface area contributed by atoms with Gasteiger partial charge in [0, 0.05) is 25.8 Å². The number of nitrogens with one attached hydrogen (secondary N) is 1. The quantitative estimate of drug-likeness (QED) is 0.712. The molecule has 0 aliphatic heterocycles. The Labute approximate surface area is 85.9 Å². The lowest BCUT2D eigenvalue weighted by Crippen LogP contribution is -2.30. The van der Waals surface area contributed by atoms with Gasteiger partial charge in [0.15, 0.2) is 0 Å². The molecule has 1 N–H and O–H groups in total. The van der Waals surface area contributed by atoms with E-state index in [-0.39, 0.29) is 0 Å². The van der Waals surface area contributed by atoms with E-state index in [1.54, 1.807) is 0 Å². The van der Waals surface area contributed by atoms with E-state index >= 15 is 0 Å². The Morgan fingerprint density at radius 3 is 2.86 bits per heavy atom. The summed E-state index contributed by atoms with van der Waals surface area (Å²) in [5, 5.41) is 7.38. The van der Waals surface area contributed by atoms with Crippen LogP contribution in [0.5, 0.6) is 0 Å². The number of hydrogen-bond acceptors (Lipinski definition) is 3. The van der Waals surface area contributed by atoms with Gasteiger partial charge in [-0.05, 0) is 26.6 Å². The van der Waals surface area contributed by atoms with Crippen LogP contribution in [0.25, 0.3) is 0 Å². The molecule has 1 heterocycles. The molecule has 4 nitrogen and oxygen atoms in total. The van der Waals surface area contributed by atoms with Crippen molar-refractivity contribution in [2.75, 3.05) is 33.7 Å². The van der Waals surface area contributed by atoms with Crippen LogP contribution in [0.15, 0.2) is 12.4 Å². The molecule has 0 saturated heterocycles. The fourth-order valence-corrected chi connectivity index (χ4v) is 1.28. The van der Waals surface area contributed by atoms with Gasteiger partial charge in [-0.15, -0.1) is 0 Å². The summed E-state index contributed by atoms with van der Waals surface area (Å²) in [5.74, 6) is 0. The van der Waals surface area contributed by atoms with Crippen LogP contribution in [0, 0.1) is 6.92 Å². The summed E-state index contributed by atoms with van der Waals surface area (Å²) < 4.78 is 1.99. The van der Waals surface area contributed by atoms with Crippen molar-refractivity contribution in [2.24, 2.45) is 0 Å². The van der Waals surface area contributed by atoms with Crippen molar-refractivity contribution in [3.8, 4) is 0 Å². The third kappa shape index (κ3) is 3.89. The molecule has 0 fully saturated rings. The van der Waals surface area contributed by atoms with Crippen LogP contribution < -0.4 is 5.32 Å². The van der Waals surface area contributed by atoms with Gasteiger partial charge in [-0.25, -0.2) is 0 Å². The lowest BCUT2D eigenvalue weighted by molar-refractivity contribution is 0.313. The topological polar surface area (TPSA) is 33.1 Å². The van der Waals surface area contributed by atoms with Crippen LogP contribution >= 0.6 is 0 Å². The summed E-state index contributed by atoms with van der Waals surface area (Å²) in [4.78, 5) is 2.30. The van der Waals surface area contributed by atoms with Crippen molar-refractivity contribution < 1.29 is 0 Å². The molecule has 0 aliphatic rings. The molecule has 0 atom stereocenters. The molecule has 0 spiro atoms. The second-order valence-electron chi connectivity index (χ2n) is 3.69. The monoisotopic (exact) mass is 196 g/mol. The van der Waals surface area contributed by atoms with Gasteiger partial charge in [0.25, 0.3) is 0 Å². The minimum atomic E-state index is 0.966. The molecule has 0 amide bonds. The minimum Gasteiger partial charge on any atom is -0.318 e. The average molecular weight is 196 g/mol. The zero-order valence-electron chi connectivity index (χ0n) is 9.32. The number of rotatable bonds is 6. The van der Waals surface area contributed by atoms with E-state index in [2.05, 4.69) is 35.5 Å². The first kappa shape index (κ1) is 11.2. The Morgan fingerprint density at radius 1 is 1.50 bits per heavy atom. The zero-order valence-corrected chi connectivity index (χ0v) is 9.32. The Bertz CT molecular complexity index is 256. The second-order valence-corrected chi connectivity index (χ2v) is 3.69. The Hall–Kier alpha value is -0.870. The van der Waals surface area contributed by atoms with E-state index in [9.17, 15) is 0 Å². The molecule has 0 bridgehead atoms. The maximum absolute atomic E-state index is 4.24. The summed E-state index contributed by atoms with van der Waals surface area (Å²) in [6.45, 7) is 6.19. The third-order valence-electron chi connectivity index (χ3n) is 2.22. The molecule has 1 aromatic heterocycles. The summed E-state index contributed by atoms with van der Waals surface area (Å²) >= 11 is 0. The SMILES string of the molecule is CNCCN(C)CCn1cc(C)cn1. The van der Waals surface area contributed by atoms with Crippen molar-refractivity contribution in [3.63, 3.8) is 0 Å². The molecule has 0 radical (unpaired) electrons. The Balaban J connectivity index is 2.20. The predicted molar refractivity (Wildman–Crippen MR) is 58.4 cm³/mol. The van der Waals surface area contributed by atoms with Crippen LogP contribution in [0.4, 0.5) is 0 Å². The molecular weight excluding hydrogens is 176 g/mol. The van der Waals surface area contributed by atoms with Gasteiger partial charge in [-0.1, -0.05) is 0 Å². The Morgan fingerprint density at radius 2 is 2.29 bits per heavy atom. The van der Waals surface area contributed by atoms with E-state index in [0.29, 0.717) is 0 Å². The number of aryl methyl sites for hydroxylation is 1. The fourth-order valence-electron chi connectivity index (χ4n) is 1.28. The highest BCUT2D eigenvalue weighted by molar-refractivity contribution is 4.99. The lowest BCUT2D eigenvalue weighted by atomic mass is 10.4. The molecule has 4 heteroatoms. The first-order chi connectivity index (χ1) is 6.72. The highest BCUT2D eigenvalue weighted by atomic mass is 15.3. The first-order valence-corrected chi connectivity index (χ1v) is 5.04. The normalized spacial score (nSPS) is 11.1. The Kier molecular flexibility index (Phi) is 4.62. The van der Waals surface area contributed by atoms with Gasteiger partial charge >= 0.3 is 0 Å². The van der Waals surface area contributed by atoms with Gasteiger partial charge in [-0.3, -0.25) is 4.68 Å². The van der Waals surface area contributed by atoms with Crippen molar-refractivity contribution in [1.29, 1.82) is 0 Å². The molecular formula is C10H20N4. The highest BCUT2D eigenvalue weighted by Crippen LogP contribution is 1.94. The molecule has 14 heavy (non-hydrogen) atoms. The number of nitrogens with zero attached hydrogens (tertiary/aromatic N) is 3. The largest absolute Gasteiger partial charge is 0.318 e. The highest BCUT2D eigenvalue weighted by Gasteiger charge is 1.98. The number of aromatic nitrogens is 2. The summed E-state index contributed by atoms with van der Waals surface area (Å²) in [7, 11) is 4.11. The molecule has 80 valence electrons. The molecule has 0 saturated carbocycles. The first-order valence-electron chi connectivity index (χ1n) is 5.04. The van der Waals surface area contributed by atoms with E-state index in [4.69, 9.17) is 0 Å². The van der Waals surface area contributed by atoms with E-state index in [1.807, 2.05) is 17.9 Å². The van der Waals surface area contributed by atoms with Crippen LogP contribution in [0.2, 0.25) is 0 Å². The van der Waals surface area contributed by atoms with Gasteiger partial charge in [0.1, 0.15) is 0 Å². The van der Waals surface area contributed by atoms with Crippen molar-refractivity contribution in [2.45, 2.75) is 13.5 Å². The van der Waals surface area contributed by atoms with Gasteiger partial charge in [0.2, 0.25) is 0 Å². The lowest BCUT2D eigenvalue weighted by Gasteiger charge is -2.15. The molecule has 1 rings (SSSR count). The number of likely N-dealkylation sites (N-methyl/N-ethyl adjacent to an activating group) is 2. The predicted octanol–water partition coefficient (Wildman–Crippen LogP) is 0.343. The van der Waals surface area contributed by atoms with Crippen LogP contribution in [0.3, 0.4) is 0 Å². The van der Waals surface area contributed by atoms with E-state index < -0.39 is 0 Å². The van der Waals surface area contributed by atoms with Crippen molar-refractivity contribution >= 4 is 0 Å². The summed E-state index contributed by atoms with van der Waals surface area (Å²) in [5.41, 5.74) is 1.22. The van der Waals surface area contributed by atoms with Crippen molar-refractivity contribution in [1.82, 2.24) is 20.0 Å². The number of hydrogen-bond donors (Lipinski definition) is 1. The smallest absolute Gasteiger partial charge is 0.0536 e. The average Bonchev–Trinajstić information content (AvgIpc) is 2.58. The van der Waals surface area contributed by atoms with Gasteiger partial charge in [0.05, 0.1) is 12.7 Å². The molecule has 1 aromatic rings. The third-order valence-corrected chi connectivity index (χ3v) is 2.22. The maximum atomic E-state index is 4.24. The van der Waals surface area contributed by atoms with Crippen LogP contribution in [-0.2, 0) is 6.54 Å². The minimum absolute atomic E-state index is 0.966. The fraction of sp³-hybridized carbons (Fsp3) is 0.700. The standard InChI is InChI=1S/C10H20N4/c1-10-8-12-14(9-10)7-6-13(3)5-4-11-2/h8-9,11H,4-7H2,1-3H3. The molecule has 0 aromatic carbocycles. The van der Waals surface area contributed by atoms with E-state index in [1.165, 1.54) is 5.56 Å². The van der Waals surface area contributed by atoms with E-state index in [0.717, 1.165) is 26.2 Å². The molecule has 0 aliphatic carbocycles. The molecule has 0 unspecified atom stereocenters. The summed E-state index contributed by atoms with van der Waals surface area (Å²) in [6, 6.07) is 0. The van der Waals surface area contributed by atoms with Crippen LogP contribution in [0.1, 0.15) is 5.56 Å². The van der Waals surface area contributed by atoms with Crippen LogP contribution in [-0.4, -0.2) is 48.4 Å². The maximum Gasteiger partial charge on any atom is 0.0536 e. The summed E-state index contributed by atoms with van der Waals surface area (Å²) in [6.07, 6.45) is 3.97. The second kappa shape index (κ2) is 5.78. The zero-order chi connectivity index (χ0) is 10.4. The van der Waals surface area contributed by atoms with Gasteiger partial charge in [-0.2, -0.15) is 5.10 Å².